The minimum absolute atomic E-state index is 0.0838. The summed E-state index contributed by atoms with van der Waals surface area (Å²) in [5, 5.41) is 10.2. The Morgan fingerprint density at radius 1 is 0.943 bits per heavy atom. The van der Waals surface area contributed by atoms with Crippen LogP contribution in [0, 0.1) is 11.8 Å². The molecule has 3 amide bonds. The molecule has 2 saturated heterocycles. The molecule has 2 fully saturated rings. The second-order valence-corrected chi connectivity index (χ2v) is 10.3. The number of hydrogen-bond acceptors (Lipinski definition) is 5. The normalized spacial score (nSPS) is 35.2. The number of rotatable bonds is 9. The van der Waals surface area contributed by atoms with Crippen LogP contribution in [0.3, 0.4) is 0 Å². The molecule has 6 atom stereocenters. The minimum atomic E-state index is -1.24. The lowest BCUT2D eigenvalue weighted by molar-refractivity contribution is -0.157. The second-order valence-electron chi connectivity index (χ2n) is 10.3. The Kier molecular flexibility index (Phi) is 7.44. The molecule has 35 heavy (non-hydrogen) atoms. The molecular formula is C27H41N3O5. The van der Waals surface area contributed by atoms with Crippen molar-refractivity contribution in [2.24, 2.45) is 11.8 Å². The highest BCUT2D eigenvalue weighted by molar-refractivity contribution is 6.00. The summed E-state index contributed by atoms with van der Waals surface area (Å²) in [6.45, 7) is 9.89. The van der Waals surface area contributed by atoms with E-state index in [0.717, 1.165) is 19.3 Å². The molecule has 8 heteroatoms. The van der Waals surface area contributed by atoms with Crippen LogP contribution >= 0.6 is 0 Å². The molecule has 4 aliphatic heterocycles. The molecule has 1 spiro atoms. The third-order valence-corrected chi connectivity index (χ3v) is 8.40. The van der Waals surface area contributed by atoms with E-state index >= 15 is 0 Å². The molecule has 4 rings (SSSR count). The average molecular weight is 488 g/mol. The van der Waals surface area contributed by atoms with Gasteiger partial charge < -0.3 is 24.5 Å². The van der Waals surface area contributed by atoms with Gasteiger partial charge in [0, 0.05) is 26.2 Å². The Hall–Kier alpha value is -2.19. The fourth-order valence-electron chi connectivity index (χ4n) is 6.62. The predicted octanol–water partition coefficient (Wildman–Crippen LogP) is 2.13. The molecule has 0 saturated carbocycles. The van der Waals surface area contributed by atoms with Crippen molar-refractivity contribution in [1.82, 2.24) is 14.7 Å². The van der Waals surface area contributed by atoms with Gasteiger partial charge in [0.25, 0.3) is 0 Å². The molecule has 194 valence electrons. The van der Waals surface area contributed by atoms with Gasteiger partial charge in [0.1, 0.15) is 11.6 Å². The molecule has 4 aliphatic rings. The summed E-state index contributed by atoms with van der Waals surface area (Å²) in [5.74, 6) is -2.02. The Labute approximate surface area is 208 Å². The molecule has 1 N–H and O–H groups in total. The van der Waals surface area contributed by atoms with Gasteiger partial charge in [-0.05, 0) is 25.7 Å². The molecule has 0 aromatic heterocycles. The van der Waals surface area contributed by atoms with Gasteiger partial charge in [0.2, 0.25) is 17.7 Å². The number of carbonyl (C=O) groups is 3. The van der Waals surface area contributed by atoms with Gasteiger partial charge in [0.05, 0.1) is 30.1 Å². The van der Waals surface area contributed by atoms with Gasteiger partial charge in [-0.2, -0.15) is 0 Å². The topological polar surface area (TPSA) is 90.4 Å². The van der Waals surface area contributed by atoms with Gasteiger partial charge in [-0.1, -0.05) is 58.4 Å². The van der Waals surface area contributed by atoms with E-state index in [-0.39, 0.29) is 24.3 Å². The van der Waals surface area contributed by atoms with Crippen molar-refractivity contribution in [3.8, 4) is 0 Å². The van der Waals surface area contributed by atoms with Crippen molar-refractivity contribution in [2.75, 3.05) is 32.8 Å². The number of unbranched alkanes of at least 4 members (excludes halogenated alkanes) is 1. The van der Waals surface area contributed by atoms with Crippen LogP contribution in [0.1, 0.15) is 59.8 Å². The fourth-order valence-corrected chi connectivity index (χ4v) is 6.62. The maximum absolute atomic E-state index is 14.3. The lowest BCUT2D eigenvalue weighted by Gasteiger charge is -2.40. The van der Waals surface area contributed by atoms with E-state index in [1.54, 1.807) is 9.80 Å². The van der Waals surface area contributed by atoms with Crippen LogP contribution in [-0.2, 0) is 19.1 Å². The van der Waals surface area contributed by atoms with Crippen LogP contribution in [0.25, 0.3) is 0 Å². The minimum Gasteiger partial charge on any atom is -0.394 e. The number of aliphatic hydroxyl groups excluding tert-OH is 1. The van der Waals surface area contributed by atoms with Gasteiger partial charge in [-0.3, -0.25) is 14.4 Å². The largest absolute Gasteiger partial charge is 0.394 e. The number of nitrogens with zero attached hydrogens (tertiary/aromatic N) is 3. The fraction of sp³-hybridized carbons (Fsp3) is 0.741. The summed E-state index contributed by atoms with van der Waals surface area (Å²) >= 11 is 0. The zero-order valence-corrected chi connectivity index (χ0v) is 21.6. The maximum atomic E-state index is 14.3. The second kappa shape index (κ2) is 10.1. The van der Waals surface area contributed by atoms with Crippen molar-refractivity contribution in [3.63, 3.8) is 0 Å². The summed E-state index contributed by atoms with van der Waals surface area (Å²) in [4.78, 5) is 47.5. The first-order valence-corrected chi connectivity index (χ1v) is 13.4. The van der Waals surface area contributed by atoms with Gasteiger partial charge in [0.15, 0.2) is 0 Å². The molecule has 0 radical (unpaired) electrons. The quantitative estimate of drug-likeness (QED) is 0.503. The Balaban J connectivity index is 1.88. The maximum Gasteiger partial charge on any atom is 0.249 e. The molecule has 1 unspecified atom stereocenters. The third kappa shape index (κ3) is 3.84. The molecule has 8 nitrogen and oxygen atoms in total. The number of aliphatic hydroxyl groups is 1. The first-order valence-electron chi connectivity index (χ1n) is 13.4. The van der Waals surface area contributed by atoms with E-state index in [2.05, 4.69) is 6.92 Å². The number of fused-ring (bicyclic) bond motifs is 2. The van der Waals surface area contributed by atoms with Crippen molar-refractivity contribution < 1.29 is 24.2 Å². The number of amides is 3. The van der Waals surface area contributed by atoms with E-state index < -0.39 is 35.1 Å². The van der Waals surface area contributed by atoms with Crippen LogP contribution in [0.15, 0.2) is 24.3 Å². The van der Waals surface area contributed by atoms with E-state index in [4.69, 9.17) is 4.74 Å². The predicted molar refractivity (Wildman–Crippen MR) is 132 cm³/mol. The lowest BCUT2D eigenvalue weighted by atomic mass is 9.73. The third-order valence-electron chi connectivity index (χ3n) is 8.40. The molecule has 0 aromatic carbocycles. The SMILES string of the molecule is CCCCN1CC=C[C@]23O[C@]4(CC)C=CCN(CCC)C(=O)[C@@H]4[C@H]2C(=O)N([C@@H](CC)CO)C3C1=O. The number of likely N-dealkylation sites (tertiary alicyclic amines) is 1. The molecular weight excluding hydrogens is 446 g/mol. The zero-order valence-electron chi connectivity index (χ0n) is 21.6. The molecule has 4 heterocycles. The van der Waals surface area contributed by atoms with Crippen molar-refractivity contribution in [1.29, 1.82) is 0 Å². The Morgan fingerprint density at radius 2 is 1.63 bits per heavy atom. The van der Waals surface area contributed by atoms with Crippen LogP contribution in [0.2, 0.25) is 0 Å². The standard InChI is InChI=1S/C27H41N3O5/c1-5-9-15-29-17-11-13-27-21(24(33)30(19(7-3)18-31)22(27)25(29)34)20-23(32)28(14-6-2)16-10-12-26(20,8-4)35-27/h10-13,19-22,31H,5-9,14-18H2,1-4H3/t19-,20-,21-,22?,26+,27-/m0/s1. The Bertz CT molecular complexity index is 899. The van der Waals surface area contributed by atoms with Gasteiger partial charge in [-0.15, -0.1) is 0 Å². The monoisotopic (exact) mass is 487 g/mol. The van der Waals surface area contributed by atoms with Crippen molar-refractivity contribution in [2.45, 2.75) is 83.1 Å². The van der Waals surface area contributed by atoms with Crippen LogP contribution < -0.4 is 0 Å². The van der Waals surface area contributed by atoms with Crippen molar-refractivity contribution in [3.05, 3.63) is 24.3 Å². The van der Waals surface area contributed by atoms with E-state index in [0.29, 0.717) is 39.0 Å². The van der Waals surface area contributed by atoms with Crippen LogP contribution in [0.4, 0.5) is 0 Å². The van der Waals surface area contributed by atoms with E-state index in [1.807, 2.05) is 50.0 Å². The van der Waals surface area contributed by atoms with E-state index in [9.17, 15) is 19.5 Å². The average Bonchev–Trinajstić information content (AvgIpc) is 3.15. The van der Waals surface area contributed by atoms with Crippen LogP contribution in [-0.4, -0.2) is 93.6 Å². The van der Waals surface area contributed by atoms with E-state index in [1.165, 1.54) is 0 Å². The summed E-state index contributed by atoms with van der Waals surface area (Å²) < 4.78 is 6.92. The smallest absolute Gasteiger partial charge is 0.249 e. The molecule has 0 bridgehead atoms. The van der Waals surface area contributed by atoms with Gasteiger partial charge in [-0.25, -0.2) is 0 Å². The Morgan fingerprint density at radius 3 is 2.23 bits per heavy atom. The van der Waals surface area contributed by atoms with Crippen molar-refractivity contribution >= 4 is 17.7 Å². The summed E-state index contributed by atoms with van der Waals surface area (Å²) in [6, 6.07) is -1.41. The lowest BCUT2D eigenvalue weighted by Crippen LogP contribution is -2.58. The number of carbonyl (C=O) groups excluding carboxylic acids is 3. The highest BCUT2D eigenvalue weighted by atomic mass is 16.5. The molecule has 0 aliphatic carbocycles. The highest BCUT2D eigenvalue weighted by Crippen LogP contribution is 2.59. The first kappa shape index (κ1) is 25.9. The summed E-state index contributed by atoms with van der Waals surface area (Å²) in [5.41, 5.74) is -2.19. The first-order chi connectivity index (χ1) is 16.9. The zero-order chi connectivity index (χ0) is 25.4. The number of ether oxygens (including phenoxy) is 1. The number of hydrogen-bond donors (Lipinski definition) is 1. The van der Waals surface area contributed by atoms with Crippen LogP contribution in [0.5, 0.6) is 0 Å². The summed E-state index contributed by atoms with van der Waals surface area (Å²) in [7, 11) is 0. The highest BCUT2D eigenvalue weighted by Gasteiger charge is 2.75. The molecule has 0 aromatic rings. The van der Waals surface area contributed by atoms with Gasteiger partial charge >= 0.3 is 0 Å². The summed E-state index contributed by atoms with van der Waals surface area (Å²) in [6.07, 6.45) is 11.4.